The number of fused-ring (bicyclic) bond motifs is 1. The number of H-pyrrole nitrogens is 1. The van der Waals surface area contributed by atoms with Gasteiger partial charge < -0.3 is 14.3 Å². The first-order chi connectivity index (χ1) is 10.0. The van der Waals surface area contributed by atoms with Crippen LogP contribution in [0.2, 0.25) is 0 Å². The summed E-state index contributed by atoms with van der Waals surface area (Å²) in [7, 11) is -1.07. The zero-order valence-electron chi connectivity index (χ0n) is 12.8. The zero-order valence-corrected chi connectivity index (χ0v) is 12.8. The maximum Gasteiger partial charge on any atom is 0.512 e. The molecule has 1 aliphatic heterocycles. The van der Waals surface area contributed by atoms with Crippen LogP contribution in [0.3, 0.4) is 0 Å². The number of rotatable bonds is 1. The first kappa shape index (κ1) is 15.4. The van der Waals surface area contributed by atoms with Gasteiger partial charge in [0.1, 0.15) is 0 Å². The van der Waals surface area contributed by atoms with Crippen molar-refractivity contribution in [3.63, 3.8) is 0 Å². The minimum Gasteiger partial charge on any atom is -0.398 e. The number of alkyl halides is 3. The summed E-state index contributed by atoms with van der Waals surface area (Å²) in [4.78, 5) is 2.82. The van der Waals surface area contributed by atoms with Gasteiger partial charge in [-0.15, -0.1) is 0 Å². The van der Waals surface area contributed by atoms with Crippen LogP contribution in [0.15, 0.2) is 24.3 Å². The second-order valence-electron chi connectivity index (χ2n) is 6.55. The monoisotopic (exact) mass is 311 g/mol. The van der Waals surface area contributed by atoms with Gasteiger partial charge in [0.25, 0.3) is 0 Å². The molecule has 1 aromatic heterocycles. The molecule has 0 bridgehead atoms. The van der Waals surface area contributed by atoms with Gasteiger partial charge in [-0.3, -0.25) is 0 Å². The lowest BCUT2D eigenvalue weighted by molar-refractivity contribution is -0.135. The lowest BCUT2D eigenvalue weighted by atomic mass is 9.81. The number of para-hydroxylation sites is 1. The number of nitrogens with one attached hydrogen (secondary N) is 1. The van der Waals surface area contributed by atoms with Gasteiger partial charge in [-0.2, -0.15) is 13.2 Å². The van der Waals surface area contributed by atoms with Crippen molar-refractivity contribution in [2.75, 3.05) is 0 Å². The van der Waals surface area contributed by atoms with Gasteiger partial charge in [-0.1, -0.05) is 18.2 Å². The van der Waals surface area contributed by atoms with Crippen molar-refractivity contribution in [2.45, 2.75) is 45.1 Å². The topological polar surface area (TPSA) is 34.2 Å². The van der Waals surface area contributed by atoms with E-state index in [0.29, 0.717) is 5.52 Å². The molecule has 0 saturated carbocycles. The van der Waals surface area contributed by atoms with Crippen molar-refractivity contribution in [3.8, 4) is 0 Å². The number of halogens is 3. The van der Waals surface area contributed by atoms with Crippen LogP contribution in [0.5, 0.6) is 0 Å². The van der Waals surface area contributed by atoms with Crippen molar-refractivity contribution >= 4 is 23.6 Å². The van der Waals surface area contributed by atoms with E-state index in [-0.39, 0.29) is 11.0 Å². The Labute approximate surface area is 126 Å². The number of hydrogen-bond acceptors (Lipinski definition) is 2. The molecule has 1 aromatic carbocycles. The second-order valence-corrected chi connectivity index (χ2v) is 6.55. The fraction of sp³-hybridized carbons (Fsp3) is 0.467. The van der Waals surface area contributed by atoms with Gasteiger partial charge in [0.15, 0.2) is 0 Å². The smallest absolute Gasteiger partial charge is 0.398 e. The third-order valence-electron chi connectivity index (χ3n) is 4.51. The van der Waals surface area contributed by atoms with Gasteiger partial charge in [0.2, 0.25) is 0 Å². The maximum absolute atomic E-state index is 13.5. The van der Waals surface area contributed by atoms with Crippen LogP contribution in [0, 0.1) is 0 Å². The van der Waals surface area contributed by atoms with Crippen LogP contribution in [-0.2, 0) is 15.5 Å². The summed E-state index contributed by atoms with van der Waals surface area (Å²) in [6, 6.07) is 6.33. The Morgan fingerprint density at radius 3 is 2.09 bits per heavy atom. The SMILES string of the molecule is CC1(C)OB(c2[nH]c3ccccc3c2C(F)(F)F)OC1(C)C. The highest BCUT2D eigenvalue weighted by Crippen LogP contribution is 2.39. The molecule has 2 aromatic rings. The minimum atomic E-state index is -4.49. The van der Waals surface area contributed by atoms with E-state index in [1.165, 1.54) is 6.07 Å². The molecule has 1 aliphatic rings. The van der Waals surface area contributed by atoms with Gasteiger partial charge in [-0.25, -0.2) is 0 Å². The van der Waals surface area contributed by atoms with E-state index in [9.17, 15) is 13.2 Å². The molecule has 118 valence electrons. The predicted molar refractivity (Wildman–Crippen MR) is 79.0 cm³/mol. The van der Waals surface area contributed by atoms with E-state index >= 15 is 0 Å². The number of benzene rings is 1. The molecular weight excluding hydrogens is 294 g/mol. The lowest BCUT2D eigenvalue weighted by Crippen LogP contribution is -2.41. The summed E-state index contributed by atoms with van der Waals surface area (Å²) >= 11 is 0. The Bertz CT molecular complexity index is 705. The van der Waals surface area contributed by atoms with E-state index in [0.717, 1.165) is 0 Å². The van der Waals surface area contributed by atoms with E-state index in [4.69, 9.17) is 9.31 Å². The molecule has 1 fully saturated rings. The quantitative estimate of drug-likeness (QED) is 0.818. The highest BCUT2D eigenvalue weighted by Gasteiger charge is 2.54. The van der Waals surface area contributed by atoms with Crippen LogP contribution in [-0.4, -0.2) is 23.3 Å². The normalized spacial score (nSPS) is 20.8. The van der Waals surface area contributed by atoms with Gasteiger partial charge in [0, 0.05) is 10.9 Å². The van der Waals surface area contributed by atoms with E-state index < -0.39 is 30.1 Å². The molecule has 0 spiro atoms. The minimum absolute atomic E-state index is 0.0765. The highest BCUT2D eigenvalue weighted by molar-refractivity contribution is 6.62. The summed E-state index contributed by atoms with van der Waals surface area (Å²) in [5, 5.41) is 0.125. The number of hydrogen-bond donors (Lipinski definition) is 1. The molecule has 0 unspecified atom stereocenters. The molecule has 3 nitrogen and oxygen atoms in total. The van der Waals surface area contributed by atoms with Gasteiger partial charge in [-0.05, 0) is 33.8 Å². The van der Waals surface area contributed by atoms with Crippen LogP contribution in [0.4, 0.5) is 13.2 Å². The van der Waals surface area contributed by atoms with Crippen LogP contribution >= 0.6 is 0 Å². The third kappa shape index (κ3) is 2.23. The summed E-state index contributed by atoms with van der Waals surface area (Å²) in [6.07, 6.45) is -4.49. The van der Waals surface area contributed by atoms with Crippen molar-refractivity contribution in [2.24, 2.45) is 0 Å². The zero-order chi connectivity index (χ0) is 16.3. The van der Waals surface area contributed by atoms with Crippen molar-refractivity contribution in [1.82, 2.24) is 4.98 Å². The fourth-order valence-electron chi connectivity index (χ4n) is 2.61. The average Bonchev–Trinajstić information content (AvgIpc) is 2.84. The van der Waals surface area contributed by atoms with Gasteiger partial charge in [0.05, 0.1) is 22.4 Å². The summed E-state index contributed by atoms with van der Waals surface area (Å²) in [5.41, 5.74) is -1.77. The lowest BCUT2D eigenvalue weighted by Gasteiger charge is -2.32. The first-order valence-corrected chi connectivity index (χ1v) is 7.06. The summed E-state index contributed by atoms with van der Waals surface area (Å²) in [5.74, 6) is 0. The van der Waals surface area contributed by atoms with Crippen molar-refractivity contribution in [3.05, 3.63) is 29.8 Å². The number of aromatic amines is 1. The van der Waals surface area contributed by atoms with Crippen molar-refractivity contribution < 1.29 is 22.5 Å². The Morgan fingerprint density at radius 2 is 1.55 bits per heavy atom. The Morgan fingerprint density at radius 1 is 1.00 bits per heavy atom. The molecular formula is C15H17BF3NO2. The predicted octanol–water partition coefficient (Wildman–Crippen LogP) is 3.49. The molecule has 0 atom stereocenters. The molecule has 0 amide bonds. The maximum atomic E-state index is 13.5. The van der Waals surface area contributed by atoms with Crippen LogP contribution < -0.4 is 5.59 Å². The molecule has 7 heteroatoms. The Balaban J connectivity index is 2.16. The average molecular weight is 311 g/mol. The van der Waals surface area contributed by atoms with E-state index in [2.05, 4.69) is 4.98 Å². The molecule has 22 heavy (non-hydrogen) atoms. The molecule has 2 heterocycles. The van der Waals surface area contributed by atoms with Crippen LogP contribution in [0.25, 0.3) is 10.9 Å². The molecule has 0 aliphatic carbocycles. The van der Waals surface area contributed by atoms with E-state index in [1.807, 2.05) is 27.7 Å². The molecule has 1 saturated heterocycles. The third-order valence-corrected chi connectivity index (χ3v) is 4.51. The fourth-order valence-corrected chi connectivity index (χ4v) is 2.61. The van der Waals surface area contributed by atoms with Crippen molar-refractivity contribution in [1.29, 1.82) is 0 Å². The largest absolute Gasteiger partial charge is 0.512 e. The number of aromatic nitrogens is 1. The summed E-state index contributed by atoms with van der Waals surface area (Å²) < 4.78 is 52.1. The van der Waals surface area contributed by atoms with Gasteiger partial charge >= 0.3 is 13.3 Å². The standard InChI is InChI=1S/C15H17BF3NO2/c1-13(2)14(3,4)22-16(21-13)12-11(15(17,18)19)9-7-5-6-8-10(9)20-12/h5-8,20H,1-4H3. The molecule has 3 rings (SSSR count). The summed E-state index contributed by atoms with van der Waals surface area (Å²) in [6.45, 7) is 7.23. The molecule has 0 radical (unpaired) electrons. The molecule has 1 N–H and O–H groups in total. The Kier molecular flexibility index (Phi) is 3.17. The Hall–Kier alpha value is -1.47. The highest BCUT2D eigenvalue weighted by atomic mass is 19.4. The first-order valence-electron chi connectivity index (χ1n) is 7.06. The second kappa shape index (κ2) is 4.52. The van der Waals surface area contributed by atoms with Crippen LogP contribution in [0.1, 0.15) is 33.3 Å². The van der Waals surface area contributed by atoms with E-state index in [1.54, 1.807) is 18.2 Å².